The smallest absolute Gasteiger partial charge is 0.310 e. The van der Waals surface area contributed by atoms with Gasteiger partial charge in [0, 0.05) is 19.1 Å². The van der Waals surface area contributed by atoms with Crippen molar-refractivity contribution in [3.8, 4) is 0 Å². The van der Waals surface area contributed by atoms with Gasteiger partial charge in [0.1, 0.15) is 0 Å². The molecule has 5 heteroatoms. The molecule has 2 heterocycles. The van der Waals surface area contributed by atoms with Crippen molar-refractivity contribution in [2.75, 3.05) is 39.5 Å². The zero-order valence-corrected chi connectivity index (χ0v) is 8.02. The van der Waals surface area contributed by atoms with Crippen LogP contribution in [0.5, 0.6) is 0 Å². The minimum Gasteiger partial charge on any atom is -0.481 e. The first-order valence-corrected chi connectivity index (χ1v) is 4.91. The number of carboxylic acids is 1. The van der Waals surface area contributed by atoms with Crippen molar-refractivity contribution in [3.63, 3.8) is 0 Å². The number of aliphatic carboxylic acids is 1. The van der Waals surface area contributed by atoms with Crippen molar-refractivity contribution in [1.82, 2.24) is 4.90 Å². The second-order valence-corrected chi connectivity index (χ2v) is 3.70. The fourth-order valence-corrected chi connectivity index (χ4v) is 2.05. The van der Waals surface area contributed by atoms with Crippen molar-refractivity contribution < 1.29 is 19.4 Å². The second-order valence-electron chi connectivity index (χ2n) is 3.70. The largest absolute Gasteiger partial charge is 0.481 e. The average molecular weight is 201 g/mol. The van der Waals surface area contributed by atoms with Gasteiger partial charge in [0.25, 0.3) is 0 Å². The number of carboxylic acid groups (broad SMARTS) is 1. The van der Waals surface area contributed by atoms with Gasteiger partial charge in [-0.2, -0.15) is 0 Å². The average Bonchev–Trinajstić information content (AvgIpc) is 2.67. The van der Waals surface area contributed by atoms with Crippen LogP contribution in [0.1, 0.15) is 0 Å². The molecule has 2 fully saturated rings. The lowest BCUT2D eigenvalue weighted by Gasteiger charge is -2.33. The summed E-state index contributed by atoms with van der Waals surface area (Å²) in [6.45, 7) is 3.91. The Kier molecular flexibility index (Phi) is 3.00. The van der Waals surface area contributed by atoms with Crippen LogP contribution in [-0.4, -0.2) is 61.5 Å². The van der Waals surface area contributed by atoms with E-state index in [2.05, 4.69) is 4.90 Å². The van der Waals surface area contributed by atoms with Gasteiger partial charge in [0.2, 0.25) is 0 Å². The highest BCUT2D eigenvalue weighted by atomic mass is 16.5. The summed E-state index contributed by atoms with van der Waals surface area (Å²) >= 11 is 0. The Labute approximate surface area is 82.6 Å². The van der Waals surface area contributed by atoms with Crippen molar-refractivity contribution in [2.45, 2.75) is 6.04 Å². The van der Waals surface area contributed by atoms with Crippen molar-refractivity contribution in [1.29, 1.82) is 0 Å². The molecule has 80 valence electrons. The van der Waals surface area contributed by atoms with Crippen LogP contribution in [0, 0.1) is 5.92 Å². The molecule has 2 aliphatic heterocycles. The maximum Gasteiger partial charge on any atom is 0.310 e. The third-order valence-electron chi connectivity index (χ3n) is 2.88. The molecule has 0 aromatic carbocycles. The summed E-state index contributed by atoms with van der Waals surface area (Å²) in [5.41, 5.74) is 0. The molecule has 2 unspecified atom stereocenters. The molecular formula is C9H15NO4. The third kappa shape index (κ3) is 1.89. The quantitative estimate of drug-likeness (QED) is 0.647. The van der Waals surface area contributed by atoms with E-state index in [-0.39, 0.29) is 12.0 Å². The Morgan fingerprint density at radius 2 is 1.93 bits per heavy atom. The Balaban J connectivity index is 1.97. The second kappa shape index (κ2) is 4.25. The van der Waals surface area contributed by atoms with Crippen LogP contribution in [0.2, 0.25) is 0 Å². The van der Waals surface area contributed by atoms with Crippen molar-refractivity contribution in [2.24, 2.45) is 5.92 Å². The number of nitrogens with zero attached hydrogens (tertiary/aromatic N) is 1. The van der Waals surface area contributed by atoms with E-state index in [1.165, 1.54) is 0 Å². The third-order valence-corrected chi connectivity index (χ3v) is 2.88. The molecule has 0 radical (unpaired) electrons. The lowest BCUT2D eigenvalue weighted by atomic mass is 10.0. The van der Waals surface area contributed by atoms with Gasteiger partial charge in [0.15, 0.2) is 0 Å². The summed E-state index contributed by atoms with van der Waals surface area (Å²) in [6, 6.07) is 0.0383. The van der Waals surface area contributed by atoms with Crippen LogP contribution in [0.4, 0.5) is 0 Å². The van der Waals surface area contributed by atoms with E-state index in [1.54, 1.807) is 0 Å². The molecule has 0 aliphatic carbocycles. The summed E-state index contributed by atoms with van der Waals surface area (Å²) in [4.78, 5) is 13.1. The van der Waals surface area contributed by atoms with E-state index in [9.17, 15) is 4.79 Å². The first kappa shape index (κ1) is 9.89. The van der Waals surface area contributed by atoms with E-state index in [1.807, 2.05) is 0 Å². The van der Waals surface area contributed by atoms with Crippen molar-refractivity contribution in [3.05, 3.63) is 0 Å². The standard InChI is InChI=1S/C9H15NO4/c11-9(12)7-5-14-6-8(7)10-1-3-13-4-2-10/h7-8H,1-6H2,(H,11,12). The first-order chi connectivity index (χ1) is 6.79. The molecule has 5 nitrogen and oxygen atoms in total. The Morgan fingerprint density at radius 1 is 1.21 bits per heavy atom. The van der Waals surface area contributed by atoms with Gasteiger partial charge in [0.05, 0.1) is 32.3 Å². The number of rotatable bonds is 2. The van der Waals surface area contributed by atoms with Gasteiger partial charge < -0.3 is 14.6 Å². The van der Waals surface area contributed by atoms with Gasteiger partial charge in [-0.25, -0.2) is 0 Å². The number of hydrogen-bond acceptors (Lipinski definition) is 4. The minimum absolute atomic E-state index is 0.0383. The lowest BCUT2D eigenvalue weighted by Crippen LogP contribution is -2.48. The maximum absolute atomic E-state index is 10.9. The number of carbonyl (C=O) groups is 1. The van der Waals surface area contributed by atoms with Crippen LogP contribution in [0.25, 0.3) is 0 Å². The van der Waals surface area contributed by atoms with Crippen molar-refractivity contribution >= 4 is 5.97 Å². The Hall–Kier alpha value is -0.650. The summed E-state index contributed by atoms with van der Waals surface area (Å²) in [5.74, 6) is -1.12. The SMILES string of the molecule is O=C(O)C1COCC1N1CCOCC1. The lowest BCUT2D eigenvalue weighted by molar-refractivity contribution is -0.143. The van der Waals surface area contributed by atoms with Gasteiger partial charge in [-0.3, -0.25) is 9.69 Å². The molecule has 0 bridgehead atoms. The van der Waals surface area contributed by atoms with Crippen LogP contribution in [-0.2, 0) is 14.3 Å². The normalized spacial score (nSPS) is 34.6. The zero-order chi connectivity index (χ0) is 9.97. The molecule has 14 heavy (non-hydrogen) atoms. The van der Waals surface area contributed by atoms with Crippen LogP contribution in [0.15, 0.2) is 0 Å². The van der Waals surface area contributed by atoms with Gasteiger partial charge in [-0.1, -0.05) is 0 Å². The molecule has 2 atom stereocenters. The van der Waals surface area contributed by atoms with Gasteiger partial charge in [-0.05, 0) is 0 Å². The van der Waals surface area contributed by atoms with Crippen LogP contribution < -0.4 is 0 Å². The summed E-state index contributed by atoms with van der Waals surface area (Å²) in [5, 5.41) is 8.98. The molecule has 2 rings (SSSR count). The number of hydrogen-bond donors (Lipinski definition) is 1. The maximum atomic E-state index is 10.9. The van der Waals surface area contributed by atoms with E-state index in [0.29, 0.717) is 26.4 Å². The monoisotopic (exact) mass is 201 g/mol. The number of morpholine rings is 1. The predicted molar refractivity (Wildman–Crippen MR) is 48.1 cm³/mol. The number of ether oxygens (including phenoxy) is 2. The van der Waals surface area contributed by atoms with E-state index >= 15 is 0 Å². The zero-order valence-electron chi connectivity index (χ0n) is 8.02. The topological polar surface area (TPSA) is 59.0 Å². The van der Waals surface area contributed by atoms with Gasteiger partial charge in [-0.15, -0.1) is 0 Å². The summed E-state index contributed by atoms with van der Waals surface area (Å²) in [7, 11) is 0. The highest BCUT2D eigenvalue weighted by Crippen LogP contribution is 2.20. The van der Waals surface area contributed by atoms with Crippen LogP contribution in [0.3, 0.4) is 0 Å². The van der Waals surface area contributed by atoms with E-state index in [4.69, 9.17) is 14.6 Å². The minimum atomic E-state index is -0.751. The molecule has 2 saturated heterocycles. The molecule has 1 N–H and O–H groups in total. The predicted octanol–water partition coefficient (Wildman–Crippen LogP) is -0.582. The molecule has 0 aromatic rings. The van der Waals surface area contributed by atoms with Crippen LogP contribution >= 0.6 is 0 Å². The fraction of sp³-hybridized carbons (Fsp3) is 0.889. The molecule has 2 aliphatic rings. The molecular weight excluding hydrogens is 186 g/mol. The van der Waals surface area contributed by atoms with E-state index < -0.39 is 5.97 Å². The van der Waals surface area contributed by atoms with E-state index in [0.717, 1.165) is 13.1 Å². The molecule has 0 aromatic heterocycles. The fourth-order valence-electron chi connectivity index (χ4n) is 2.05. The first-order valence-electron chi connectivity index (χ1n) is 4.91. The summed E-state index contributed by atoms with van der Waals surface area (Å²) in [6.07, 6.45) is 0. The van der Waals surface area contributed by atoms with Gasteiger partial charge >= 0.3 is 5.97 Å². The summed E-state index contributed by atoms with van der Waals surface area (Å²) < 4.78 is 10.4. The highest BCUT2D eigenvalue weighted by molar-refractivity contribution is 5.71. The molecule has 0 amide bonds. The highest BCUT2D eigenvalue weighted by Gasteiger charge is 2.38. The molecule has 0 spiro atoms. The molecule has 0 saturated carbocycles. The Bertz CT molecular complexity index is 215. The Morgan fingerprint density at radius 3 is 2.57 bits per heavy atom.